The summed E-state index contributed by atoms with van der Waals surface area (Å²) >= 11 is 7.49. The lowest BCUT2D eigenvalue weighted by atomic mass is 10.1. The van der Waals surface area contributed by atoms with Crippen molar-refractivity contribution in [3.63, 3.8) is 0 Å². The average molecular weight is 284 g/mol. The molecule has 1 aromatic carbocycles. The Hall–Kier alpha value is -1.04. The van der Waals surface area contributed by atoms with Gasteiger partial charge in [-0.3, -0.25) is 10.4 Å². The summed E-state index contributed by atoms with van der Waals surface area (Å²) in [6, 6.07) is 7.67. The number of hydrazone groups is 1. The minimum Gasteiger partial charge on any atom is -0.383 e. The summed E-state index contributed by atoms with van der Waals surface area (Å²) in [6.45, 7) is 1.27. The molecule has 0 bridgehead atoms. The molecule has 6 heteroatoms. The number of ether oxygens (including phenoxy) is 1. The van der Waals surface area contributed by atoms with Gasteiger partial charge in [-0.1, -0.05) is 35.5 Å². The van der Waals surface area contributed by atoms with Crippen LogP contribution in [0.25, 0.3) is 0 Å². The molecule has 0 radical (unpaired) electrons. The van der Waals surface area contributed by atoms with Gasteiger partial charge in [0.2, 0.25) is 0 Å². The van der Waals surface area contributed by atoms with Crippen molar-refractivity contribution in [3.05, 3.63) is 34.9 Å². The monoisotopic (exact) mass is 283 g/mol. The molecule has 0 aromatic heterocycles. The summed E-state index contributed by atoms with van der Waals surface area (Å²) < 4.78 is 4.94. The second-order valence-corrected chi connectivity index (χ2v) is 5.05. The molecule has 0 saturated carbocycles. The Morgan fingerprint density at radius 3 is 2.83 bits per heavy atom. The first kappa shape index (κ1) is 13.4. The molecular weight excluding hydrogens is 270 g/mol. The molecule has 0 amide bonds. The predicted octanol–water partition coefficient (Wildman–Crippen LogP) is 2.38. The molecule has 0 fully saturated rings. The van der Waals surface area contributed by atoms with E-state index in [2.05, 4.69) is 15.5 Å². The highest BCUT2D eigenvalue weighted by Crippen LogP contribution is 2.15. The SMILES string of the molecule is COCCN=C1NN=C(c2ccc(Cl)cc2)CS1. The maximum absolute atomic E-state index is 5.85. The Morgan fingerprint density at radius 2 is 2.22 bits per heavy atom. The predicted molar refractivity (Wildman–Crippen MR) is 77.8 cm³/mol. The largest absolute Gasteiger partial charge is 0.383 e. The van der Waals surface area contributed by atoms with Crippen molar-refractivity contribution < 1.29 is 4.74 Å². The van der Waals surface area contributed by atoms with Gasteiger partial charge in [-0.2, -0.15) is 5.10 Å². The number of halogens is 1. The first-order valence-electron chi connectivity index (χ1n) is 5.54. The fraction of sp³-hybridized carbons (Fsp3) is 0.333. The fourth-order valence-electron chi connectivity index (χ4n) is 1.43. The van der Waals surface area contributed by atoms with Crippen LogP contribution in [0, 0.1) is 0 Å². The van der Waals surface area contributed by atoms with E-state index < -0.39 is 0 Å². The maximum Gasteiger partial charge on any atom is 0.177 e. The quantitative estimate of drug-likeness (QED) is 0.863. The molecule has 1 aliphatic heterocycles. The molecule has 0 atom stereocenters. The standard InChI is InChI=1S/C12H14ClN3OS/c1-17-7-6-14-12-16-15-11(8-18-12)9-2-4-10(13)5-3-9/h2-5H,6-8H2,1H3,(H,14,16). The van der Waals surface area contributed by atoms with Crippen LogP contribution >= 0.6 is 23.4 Å². The Kier molecular flexibility index (Phi) is 5.04. The third-order valence-corrected chi connectivity index (χ3v) is 3.52. The van der Waals surface area contributed by atoms with E-state index in [1.165, 1.54) is 0 Å². The van der Waals surface area contributed by atoms with Crippen molar-refractivity contribution in [2.75, 3.05) is 26.0 Å². The number of amidine groups is 1. The minimum atomic E-state index is 0.624. The third-order valence-electron chi connectivity index (χ3n) is 2.36. The minimum absolute atomic E-state index is 0.624. The molecule has 18 heavy (non-hydrogen) atoms. The lowest BCUT2D eigenvalue weighted by molar-refractivity contribution is 0.208. The second kappa shape index (κ2) is 6.78. The lowest BCUT2D eigenvalue weighted by Crippen LogP contribution is -2.25. The van der Waals surface area contributed by atoms with E-state index in [1.54, 1.807) is 18.9 Å². The molecule has 0 unspecified atom stereocenters. The summed E-state index contributed by atoms with van der Waals surface area (Å²) in [6.07, 6.45) is 0. The van der Waals surface area contributed by atoms with Crippen molar-refractivity contribution in [1.82, 2.24) is 5.43 Å². The molecule has 0 saturated heterocycles. The zero-order valence-corrected chi connectivity index (χ0v) is 11.6. The number of benzene rings is 1. The number of thioether (sulfide) groups is 1. The van der Waals surface area contributed by atoms with E-state index in [0.717, 1.165) is 27.2 Å². The molecule has 1 aromatic rings. The van der Waals surface area contributed by atoms with Gasteiger partial charge in [0.25, 0.3) is 0 Å². The van der Waals surface area contributed by atoms with Crippen LogP contribution in [0.4, 0.5) is 0 Å². The number of aliphatic imine (C=N–C) groups is 1. The van der Waals surface area contributed by atoms with Gasteiger partial charge >= 0.3 is 0 Å². The normalized spacial score (nSPS) is 17.4. The van der Waals surface area contributed by atoms with E-state index >= 15 is 0 Å². The number of hydrogen-bond donors (Lipinski definition) is 1. The van der Waals surface area contributed by atoms with Gasteiger partial charge in [-0.15, -0.1) is 0 Å². The molecular formula is C12H14ClN3OS. The van der Waals surface area contributed by atoms with Crippen molar-refractivity contribution in [2.24, 2.45) is 10.1 Å². The summed E-state index contributed by atoms with van der Waals surface area (Å²) in [7, 11) is 1.67. The smallest absolute Gasteiger partial charge is 0.177 e. The highest BCUT2D eigenvalue weighted by molar-refractivity contribution is 8.14. The van der Waals surface area contributed by atoms with Crippen LogP contribution in [0.15, 0.2) is 34.4 Å². The van der Waals surface area contributed by atoms with E-state index in [9.17, 15) is 0 Å². The molecule has 4 nitrogen and oxygen atoms in total. The number of methoxy groups -OCH3 is 1. The Bertz CT molecular complexity index is 459. The van der Waals surface area contributed by atoms with Crippen molar-refractivity contribution in [2.45, 2.75) is 0 Å². The number of nitrogens with one attached hydrogen (secondary N) is 1. The summed E-state index contributed by atoms with van der Waals surface area (Å²) in [4.78, 5) is 4.33. The Labute approximate surface area is 115 Å². The molecule has 2 rings (SSSR count). The van der Waals surface area contributed by atoms with Gasteiger partial charge in [-0.05, 0) is 17.7 Å². The van der Waals surface area contributed by atoms with Crippen LogP contribution in [0.1, 0.15) is 5.56 Å². The number of hydrogen-bond acceptors (Lipinski definition) is 4. The Balaban J connectivity index is 1.98. The average Bonchev–Trinajstić information content (AvgIpc) is 2.41. The molecule has 1 heterocycles. The van der Waals surface area contributed by atoms with E-state index in [0.29, 0.717) is 13.2 Å². The van der Waals surface area contributed by atoms with Gasteiger partial charge in [0.1, 0.15) is 0 Å². The zero-order valence-electron chi connectivity index (χ0n) is 10.0. The molecule has 1 aliphatic rings. The first-order valence-corrected chi connectivity index (χ1v) is 6.90. The van der Waals surface area contributed by atoms with Crippen LogP contribution < -0.4 is 5.43 Å². The molecule has 0 aliphatic carbocycles. The van der Waals surface area contributed by atoms with Crippen LogP contribution in [0.3, 0.4) is 0 Å². The summed E-state index contributed by atoms with van der Waals surface area (Å²) in [5.41, 5.74) is 5.03. The van der Waals surface area contributed by atoms with Gasteiger partial charge in [0, 0.05) is 17.9 Å². The number of rotatable bonds is 4. The summed E-state index contributed by atoms with van der Waals surface area (Å²) in [5.74, 6) is 0.806. The molecule has 96 valence electrons. The Morgan fingerprint density at radius 1 is 1.44 bits per heavy atom. The van der Waals surface area contributed by atoms with Crippen molar-refractivity contribution >= 4 is 34.2 Å². The van der Waals surface area contributed by atoms with Crippen LogP contribution in [0.5, 0.6) is 0 Å². The number of nitrogens with zero attached hydrogens (tertiary/aromatic N) is 2. The van der Waals surface area contributed by atoms with E-state index in [-0.39, 0.29) is 0 Å². The highest BCUT2D eigenvalue weighted by Gasteiger charge is 2.12. The van der Waals surface area contributed by atoms with Gasteiger partial charge in [-0.25, -0.2) is 0 Å². The molecule has 0 spiro atoms. The van der Waals surface area contributed by atoms with Crippen LogP contribution in [-0.2, 0) is 4.74 Å². The topological polar surface area (TPSA) is 46.0 Å². The van der Waals surface area contributed by atoms with Crippen molar-refractivity contribution in [1.29, 1.82) is 0 Å². The van der Waals surface area contributed by atoms with E-state index in [4.69, 9.17) is 16.3 Å². The zero-order chi connectivity index (χ0) is 12.8. The van der Waals surface area contributed by atoms with Gasteiger partial charge < -0.3 is 4.74 Å². The van der Waals surface area contributed by atoms with Crippen LogP contribution in [-0.4, -0.2) is 36.9 Å². The first-order chi connectivity index (χ1) is 8.79. The maximum atomic E-state index is 5.85. The third kappa shape index (κ3) is 3.73. The van der Waals surface area contributed by atoms with E-state index in [1.807, 2.05) is 24.3 Å². The second-order valence-electron chi connectivity index (χ2n) is 3.65. The lowest BCUT2D eigenvalue weighted by Gasteiger charge is -2.14. The highest BCUT2D eigenvalue weighted by atomic mass is 35.5. The van der Waals surface area contributed by atoms with Gasteiger partial charge in [0.15, 0.2) is 5.17 Å². The van der Waals surface area contributed by atoms with Gasteiger partial charge in [0.05, 0.1) is 18.9 Å². The van der Waals surface area contributed by atoms with Crippen molar-refractivity contribution in [3.8, 4) is 0 Å². The van der Waals surface area contributed by atoms with Crippen LogP contribution in [0.2, 0.25) is 5.02 Å². The molecule has 1 N–H and O–H groups in total. The summed E-state index contributed by atoms with van der Waals surface area (Å²) in [5, 5.41) is 5.89. The fourth-order valence-corrected chi connectivity index (χ4v) is 2.35.